The molecule has 9 nitrogen and oxygen atoms in total. The van der Waals surface area contributed by atoms with Gasteiger partial charge in [0, 0.05) is 17.9 Å². The van der Waals surface area contributed by atoms with Crippen molar-refractivity contribution in [1.29, 1.82) is 0 Å². The minimum atomic E-state index is -1.36. The molecule has 0 aliphatic carbocycles. The van der Waals surface area contributed by atoms with Crippen LogP contribution in [0.5, 0.6) is 5.75 Å². The van der Waals surface area contributed by atoms with Crippen molar-refractivity contribution in [2.45, 2.75) is 77.3 Å². The second kappa shape index (κ2) is 14.6. The Hall–Kier alpha value is -4.05. The minimum absolute atomic E-state index is 0.115. The van der Waals surface area contributed by atoms with E-state index in [0.29, 0.717) is 17.7 Å². The highest BCUT2D eigenvalue weighted by molar-refractivity contribution is 5.95. The topological polar surface area (TPSA) is 101 Å². The molecule has 2 fully saturated rings. The Labute approximate surface area is 270 Å². The molecular weight excluding hydrogens is 586 g/mol. The molecule has 7 atom stereocenters. The van der Waals surface area contributed by atoms with Crippen molar-refractivity contribution < 1.29 is 38.1 Å². The number of hydrogen-bond acceptors (Lipinski definition) is 8. The summed E-state index contributed by atoms with van der Waals surface area (Å²) < 4.78 is 30.4. The van der Waals surface area contributed by atoms with Crippen LogP contribution in [0.15, 0.2) is 84.9 Å². The van der Waals surface area contributed by atoms with Crippen LogP contribution in [-0.2, 0) is 41.6 Å². The smallest absolute Gasteiger partial charge is 0.416 e. The van der Waals surface area contributed by atoms with Gasteiger partial charge in [0.1, 0.15) is 18.5 Å². The van der Waals surface area contributed by atoms with Crippen LogP contribution < -0.4 is 4.74 Å². The number of amides is 2. The first-order valence-corrected chi connectivity index (χ1v) is 15.9. The molecule has 2 saturated heterocycles. The molecule has 0 N–H and O–H groups in total. The molecule has 0 bridgehead atoms. The lowest BCUT2D eigenvalue weighted by molar-refractivity contribution is -0.310. The lowest BCUT2D eigenvalue weighted by atomic mass is 9.77. The summed E-state index contributed by atoms with van der Waals surface area (Å²) in [5.74, 6) is -1.11. The van der Waals surface area contributed by atoms with Crippen LogP contribution in [-0.4, -0.2) is 60.3 Å². The number of methoxy groups -OCH3 is 1. The zero-order valence-corrected chi connectivity index (χ0v) is 27.1. The predicted molar refractivity (Wildman–Crippen MR) is 171 cm³/mol. The van der Waals surface area contributed by atoms with Crippen LogP contribution in [0.25, 0.3) is 0 Å². The SMILES string of the molecule is CCC(=O)[C@@](C)(OCc1ccccc1)[C@@H]1OC(c2ccc(OC)cc2)O[C@H]([C@@H](C)C(=O)N2C(=O)OC[C@H]2Cc2ccccc2)[C@@H]1C. The van der Waals surface area contributed by atoms with E-state index in [-0.39, 0.29) is 25.4 Å². The highest BCUT2D eigenvalue weighted by Crippen LogP contribution is 2.43. The molecule has 2 aliphatic rings. The largest absolute Gasteiger partial charge is 0.497 e. The van der Waals surface area contributed by atoms with Crippen LogP contribution in [0.4, 0.5) is 4.79 Å². The molecule has 0 spiro atoms. The number of imide groups is 1. The number of hydrogen-bond donors (Lipinski definition) is 0. The van der Waals surface area contributed by atoms with Gasteiger partial charge in [-0.1, -0.05) is 93.6 Å². The van der Waals surface area contributed by atoms with E-state index >= 15 is 0 Å². The molecule has 3 aromatic rings. The van der Waals surface area contributed by atoms with Gasteiger partial charge in [0.15, 0.2) is 17.7 Å². The van der Waals surface area contributed by atoms with Crippen molar-refractivity contribution in [3.63, 3.8) is 0 Å². The van der Waals surface area contributed by atoms with Crippen LogP contribution >= 0.6 is 0 Å². The molecule has 1 unspecified atom stereocenters. The Morgan fingerprint density at radius 2 is 1.59 bits per heavy atom. The maximum atomic E-state index is 14.2. The Bertz CT molecular complexity index is 1480. The number of carbonyl (C=O) groups excluding carboxylic acids is 3. The lowest BCUT2D eigenvalue weighted by Gasteiger charge is -2.48. The fraction of sp³-hybridized carbons (Fsp3) is 0.432. The molecule has 2 aliphatic heterocycles. The van der Waals surface area contributed by atoms with Crippen molar-refractivity contribution in [2.24, 2.45) is 11.8 Å². The molecule has 2 heterocycles. The molecule has 5 rings (SSSR count). The number of nitrogens with zero attached hydrogens (tertiary/aromatic N) is 1. The Balaban J connectivity index is 1.47. The number of ketones is 1. The summed E-state index contributed by atoms with van der Waals surface area (Å²) in [4.78, 5) is 42.1. The summed E-state index contributed by atoms with van der Waals surface area (Å²) >= 11 is 0. The quantitative estimate of drug-likeness (QED) is 0.230. The third-order valence-electron chi connectivity index (χ3n) is 9.13. The molecule has 0 aromatic heterocycles. The molecular formula is C37H43NO8. The summed E-state index contributed by atoms with van der Waals surface area (Å²) in [6.07, 6.45) is -2.39. The van der Waals surface area contributed by atoms with Gasteiger partial charge in [0.05, 0.1) is 31.8 Å². The summed E-state index contributed by atoms with van der Waals surface area (Å²) in [6, 6.07) is 26.1. The first-order valence-electron chi connectivity index (χ1n) is 15.9. The summed E-state index contributed by atoms with van der Waals surface area (Å²) in [5.41, 5.74) is 1.25. The zero-order chi connectivity index (χ0) is 32.8. The van der Waals surface area contributed by atoms with Gasteiger partial charge in [-0.2, -0.15) is 0 Å². The Kier molecular flexibility index (Phi) is 10.6. The van der Waals surface area contributed by atoms with E-state index in [1.54, 1.807) is 40.0 Å². The molecule has 2 amide bonds. The van der Waals surface area contributed by atoms with E-state index in [1.807, 2.05) is 79.7 Å². The second-order valence-corrected chi connectivity index (χ2v) is 12.2. The molecule has 46 heavy (non-hydrogen) atoms. The van der Waals surface area contributed by atoms with Gasteiger partial charge in [-0.3, -0.25) is 9.59 Å². The third-order valence-corrected chi connectivity index (χ3v) is 9.13. The number of Topliss-reactive ketones (excluding diaryl/α,β-unsaturated/α-hetero) is 1. The average Bonchev–Trinajstić information content (AvgIpc) is 3.46. The van der Waals surface area contributed by atoms with Crippen molar-refractivity contribution in [3.8, 4) is 5.75 Å². The zero-order valence-electron chi connectivity index (χ0n) is 27.1. The molecule has 0 radical (unpaired) electrons. The molecule has 244 valence electrons. The van der Waals surface area contributed by atoms with Crippen molar-refractivity contribution >= 4 is 17.8 Å². The van der Waals surface area contributed by atoms with Gasteiger partial charge < -0.3 is 23.7 Å². The van der Waals surface area contributed by atoms with Gasteiger partial charge in [-0.05, 0) is 36.6 Å². The van der Waals surface area contributed by atoms with E-state index in [0.717, 1.165) is 11.1 Å². The van der Waals surface area contributed by atoms with Crippen LogP contribution in [0.1, 0.15) is 57.1 Å². The highest BCUT2D eigenvalue weighted by atomic mass is 16.7. The predicted octanol–water partition coefficient (Wildman–Crippen LogP) is 6.29. The van der Waals surface area contributed by atoms with Gasteiger partial charge >= 0.3 is 6.09 Å². The van der Waals surface area contributed by atoms with Crippen molar-refractivity contribution in [3.05, 3.63) is 102 Å². The van der Waals surface area contributed by atoms with Gasteiger partial charge in [-0.25, -0.2) is 9.69 Å². The summed E-state index contributed by atoms with van der Waals surface area (Å²) in [5, 5.41) is 0. The maximum absolute atomic E-state index is 14.2. The molecule has 9 heteroatoms. The Morgan fingerprint density at radius 1 is 0.957 bits per heavy atom. The average molecular weight is 630 g/mol. The van der Waals surface area contributed by atoms with E-state index in [1.165, 1.54) is 4.90 Å². The van der Waals surface area contributed by atoms with E-state index in [4.69, 9.17) is 23.7 Å². The normalized spacial score (nSPS) is 24.9. The third kappa shape index (κ3) is 7.02. The van der Waals surface area contributed by atoms with Crippen molar-refractivity contribution in [1.82, 2.24) is 4.90 Å². The number of rotatable bonds is 12. The van der Waals surface area contributed by atoms with Gasteiger partial charge in [0.2, 0.25) is 5.91 Å². The summed E-state index contributed by atoms with van der Waals surface area (Å²) in [6.45, 7) is 7.53. The van der Waals surface area contributed by atoms with Gasteiger partial charge in [0.25, 0.3) is 0 Å². The fourth-order valence-electron chi connectivity index (χ4n) is 6.46. The molecule has 0 saturated carbocycles. The van der Waals surface area contributed by atoms with Crippen LogP contribution in [0.3, 0.4) is 0 Å². The first kappa shape index (κ1) is 33.3. The monoisotopic (exact) mass is 629 g/mol. The number of ether oxygens (including phenoxy) is 5. The van der Waals surface area contributed by atoms with Crippen LogP contribution in [0, 0.1) is 11.8 Å². The van der Waals surface area contributed by atoms with Crippen LogP contribution in [0.2, 0.25) is 0 Å². The second-order valence-electron chi connectivity index (χ2n) is 12.2. The standard InChI is InChI=1S/C37H43NO8/c1-6-31(39)37(4,44-22-27-15-11-8-12-16-27)33-24(2)32(45-35(46-33)28-17-19-30(42-5)20-18-28)25(3)34(40)38-29(23-43-36(38)41)21-26-13-9-7-10-14-26/h7-20,24-25,29,32-33,35H,6,21-23H2,1-5H3/t24-,25+,29+,32-,33+,35?,37+/m0/s1. The van der Waals surface area contributed by atoms with E-state index < -0.39 is 54.0 Å². The lowest BCUT2D eigenvalue weighted by Crippen LogP contribution is -2.60. The maximum Gasteiger partial charge on any atom is 0.416 e. The highest BCUT2D eigenvalue weighted by Gasteiger charge is 2.54. The fourth-order valence-corrected chi connectivity index (χ4v) is 6.46. The van der Waals surface area contributed by atoms with E-state index in [9.17, 15) is 14.4 Å². The number of cyclic esters (lactones) is 1. The molecule has 3 aromatic carbocycles. The first-order chi connectivity index (χ1) is 22.2. The summed E-state index contributed by atoms with van der Waals surface area (Å²) in [7, 11) is 1.59. The van der Waals surface area contributed by atoms with E-state index in [2.05, 4.69) is 0 Å². The Morgan fingerprint density at radius 3 is 2.20 bits per heavy atom. The number of benzene rings is 3. The minimum Gasteiger partial charge on any atom is -0.497 e. The van der Waals surface area contributed by atoms with Gasteiger partial charge in [-0.15, -0.1) is 0 Å². The number of carbonyl (C=O) groups is 3. The van der Waals surface area contributed by atoms with Crippen molar-refractivity contribution in [2.75, 3.05) is 13.7 Å².